The van der Waals surface area contributed by atoms with Gasteiger partial charge in [-0.2, -0.15) is 5.26 Å². The van der Waals surface area contributed by atoms with Crippen LogP contribution in [0.25, 0.3) is 11.0 Å². The minimum Gasteiger partial charge on any atom is -0.451 e. The molecule has 23 heavy (non-hydrogen) atoms. The van der Waals surface area contributed by atoms with E-state index in [2.05, 4.69) is 5.32 Å². The summed E-state index contributed by atoms with van der Waals surface area (Å²) >= 11 is 0. The molecular weight excluding hydrogens is 294 g/mol. The summed E-state index contributed by atoms with van der Waals surface area (Å²) in [6, 6.07) is 8.16. The van der Waals surface area contributed by atoms with Crippen LogP contribution in [0.15, 0.2) is 34.7 Å². The highest BCUT2D eigenvalue weighted by Crippen LogP contribution is 2.19. The largest absolute Gasteiger partial charge is 0.451 e. The molecule has 1 atom stereocenters. The number of para-hydroxylation sites is 1. The summed E-state index contributed by atoms with van der Waals surface area (Å²) in [5.74, 6) is -0.573. The first-order valence-electron chi connectivity index (χ1n) is 7.39. The Morgan fingerprint density at radius 2 is 2.04 bits per heavy atom. The maximum absolute atomic E-state index is 12.4. The Balaban J connectivity index is 2.19. The first kappa shape index (κ1) is 16.6. The molecule has 0 fully saturated rings. The Bertz CT molecular complexity index is 725. The van der Waals surface area contributed by atoms with Crippen molar-refractivity contribution in [3.63, 3.8) is 0 Å². The number of likely N-dealkylation sites (N-methyl/N-ethyl adjacent to an activating group) is 1. The van der Waals surface area contributed by atoms with Crippen molar-refractivity contribution in [3.05, 3.63) is 36.1 Å². The van der Waals surface area contributed by atoms with Gasteiger partial charge in [-0.1, -0.05) is 32.0 Å². The summed E-state index contributed by atoms with van der Waals surface area (Å²) in [7, 11) is 1.38. The smallest absolute Gasteiger partial charge is 0.287 e. The number of benzene rings is 1. The fraction of sp³-hybridized carbons (Fsp3) is 0.353. The van der Waals surface area contributed by atoms with E-state index in [4.69, 9.17) is 9.68 Å². The second kappa shape index (κ2) is 6.97. The lowest BCUT2D eigenvalue weighted by atomic mass is 10.0. The molecule has 0 saturated carbocycles. The van der Waals surface area contributed by atoms with Crippen LogP contribution in [0.1, 0.15) is 30.8 Å². The fourth-order valence-electron chi connectivity index (χ4n) is 2.30. The molecule has 0 bridgehead atoms. The molecular formula is C17H19N3O3. The van der Waals surface area contributed by atoms with Crippen LogP contribution in [0.3, 0.4) is 0 Å². The van der Waals surface area contributed by atoms with E-state index < -0.39 is 17.9 Å². The summed E-state index contributed by atoms with van der Waals surface area (Å²) in [4.78, 5) is 25.5. The van der Waals surface area contributed by atoms with Gasteiger partial charge in [0.2, 0.25) is 0 Å². The van der Waals surface area contributed by atoms with Crippen molar-refractivity contribution < 1.29 is 14.0 Å². The van der Waals surface area contributed by atoms with Gasteiger partial charge in [0.1, 0.15) is 11.6 Å². The fourth-order valence-corrected chi connectivity index (χ4v) is 2.30. The number of fused-ring (bicyclic) bond motifs is 1. The van der Waals surface area contributed by atoms with Crippen LogP contribution in [0, 0.1) is 17.4 Å². The normalized spacial score (nSPS) is 12.0. The van der Waals surface area contributed by atoms with Gasteiger partial charge in [-0.15, -0.1) is 0 Å². The average molecular weight is 313 g/mol. The van der Waals surface area contributed by atoms with Crippen LogP contribution >= 0.6 is 0 Å². The third kappa shape index (κ3) is 3.89. The molecule has 2 rings (SSSR count). The number of nitriles is 1. The van der Waals surface area contributed by atoms with Crippen LogP contribution in [0.2, 0.25) is 0 Å². The average Bonchev–Trinajstić information content (AvgIpc) is 2.96. The molecule has 2 amide bonds. The molecule has 0 aliphatic carbocycles. The lowest BCUT2D eigenvalue weighted by molar-refractivity contribution is -0.129. The highest BCUT2D eigenvalue weighted by molar-refractivity contribution is 5.98. The Morgan fingerprint density at radius 3 is 2.65 bits per heavy atom. The number of rotatable bonds is 5. The number of nitrogens with zero attached hydrogens (tertiary/aromatic N) is 2. The van der Waals surface area contributed by atoms with Crippen molar-refractivity contribution in [3.8, 4) is 6.19 Å². The van der Waals surface area contributed by atoms with Gasteiger partial charge in [0, 0.05) is 12.4 Å². The zero-order valence-corrected chi connectivity index (χ0v) is 13.4. The van der Waals surface area contributed by atoms with E-state index in [1.165, 1.54) is 7.05 Å². The second-order valence-electron chi connectivity index (χ2n) is 5.80. The summed E-state index contributed by atoms with van der Waals surface area (Å²) in [6.45, 7) is 3.89. The van der Waals surface area contributed by atoms with Gasteiger partial charge in [0.25, 0.3) is 11.8 Å². The van der Waals surface area contributed by atoms with Crippen LogP contribution < -0.4 is 5.32 Å². The minimum atomic E-state index is -0.764. The first-order chi connectivity index (χ1) is 10.9. The van der Waals surface area contributed by atoms with Crippen molar-refractivity contribution in [2.45, 2.75) is 26.3 Å². The van der Waals surface area contributed by atoms with Gasteiger partial charge >= 0.3 is 0 Å². The second-order valence-corrected chi connectivity index (χ2v) is 5.80. The van der Waals surface area contributed by atoms with Crippen molar-refractivity contribution in [2.75, 3.05) is 7.05 Å². The van der Waals surface area contributed by atoms with Gasteiger partial charge in [-0.25, -0.2) is 0 Å². The molecule has 0 aliphatic heterocycles. The number of nitrogens with one attached hydrogen (secondary N) is 1. The zero-order valence-electron chi connectivity index (χ0n) is 13.4. The van der Waals surface area contributed by atoms with Crippen LogP contribution in [-0.2, 0) is 4.79 Å². The maximum Gasteiger partial charge on any atom is 0.287 e. The number of hydrogen-bond donors (Lipinski definition) is 1. The van der Waals surface area contributed by atoms with Gasteiger partial charge in [0.15, 0.2) is 12.0 Å². The predicted molar refractivity (Wildman–Crippen MR) is 85.3 cm³/mol. The molecule has 120 valence electrons. The Kier molecular flexibility index (Phi) is 5.02. The maximum atomic E-state index is 12.4. The number of carbonyl (C=O) groups is 2. The Hall–Kier alpha value is -2.81. The summed E-state index contributed by atoms with van der Waals surface area (Å²) < 4.78 is 5.50. The first-order valence-corrected chi connectivity index (χ1v) is 7.39. The summed E-state index contributed by atoms with van der Waals surface area (Å²) in [5, 5.41) is 12.3. The third-order valence-electron chi connectivity index (χ3n) is 3.44. The summed E-state index contributed by atoms with van der Waals surface area (Å²) in [6.07, 6.45) is 2.20. The van der Waals surface area contributed by atoms with Crippen molar-refractivity contribution >= 4 is 22.8 Å². The van der Waals surface area contributed by atoms with E-state index in [-0.39, 0.29) is 11.7 Å². The van der Waals surface area contributed by atoms with Crippen LogP contribution in [0.5, 0.6) is 0 Å². The van der Waals surface area contributed by atoms with Gasteiger partial charge in [-0.3, -0.25) is 14.5 Å². The molecule has 0 radical (unpaired) electrons. The molecule has 0 aliphatic rings. The van der Waals surface area contributed by atoms with E-state index >= 15 is 0 Å². The quantitative estimate of drug-likeness (QED) is 0.679. The number of amides is 2. The van der Waals surface area contributed by atoms with Gasteiger partial charge < -0.3 is 9.73 Å². The third-order valence-corrected chi connectivity index (χ3v) is 3.44. The highest BCUT2D eigenvalue weighted by atomic mass is 16.3. The SMILES string of the molecule is CC(C)CC(NC(=O)c1cc2ccccc2o1)C(=O)N(C)C#N. The molecule has 6 nitrogen and oxygen atoms in total. The molecule has 0 spiro atoms. The van der Waals surface area contributed by atoms with E-state index in [1.54, 1.807) is 18.3 Å². The van der Waals surface area contributed by atoms with E-state index in [0.717, 1.165) is 10.3 Å². The summed E-state index contributed by atoms with van der Waals surface area (Å²) in [5.41, 5.74) is 0.610. The molecule has 1 unspecified atom stereocenters. The van der Waals surface area contributed by atoms with Crippen molar-refractivity contribution in [1.29, 1.82) is 5.26 Å². The van der Waals surface area contributed by atoms with E-state index in [9.17, 15) is 9.59 Å². The Labute approximate surface area is 134 Å². The van der Waals surface area contributed by atoms with Crippen molar-refractivity contribution in [1.82, 2.24) is 10.2 Å². The molecule has 1 heterocycles. The molecule has 1 aromatic carbocycles. The van der Waals surface area contributed by atoms with Gasteiger partial charge in [0.05, 0.1) is 0 Å². The molecule has 2 aromatic rings. The number of hydrogen-bond acceptors (Lipinski definition) is 4. The van der Waals surface area contributed by atoms with Crippen LogP contribution in [0.4, 0.5) is 0 Å². The van der Waals surface area contributed by atoms with E-state index in [0.29, 0.717) is 12.0 Å². The predicted octanol–water partition coefficient (Wildman–Crippen LogP) is 2.52. The number of carbonyl (C=O) groups excluding carboxylic acids is 2. The topological polar surface area (TPSA) is 86.3 Å². The van der Waals surface area contributed by atoms with E-state index in [1.807, 2.05) is 32.0 Å². The lowest BCUT2D eigenvalue weighted by Crippen LogP contribution is -2.46. The lowest BCUT2D eigenvalue weighted by Gasteiger charge is -2.21. The minimum absolute atomic E-state index is 0.146. The Morgan fingerprint density at radius 1 is 1.35 bits per heavy atom. The molecule has 6 heteroatoms. The zero-order chi connectivity index (χ0) is 17.0. The highest BCUT2D eigenvalue weighted by Gasteiger charge is 2.26. The molecule has 1 N–H and O–H groups in total. The van der Waals surface area contributed by atoms with Gasteiger partial charge in [-0.05, 0) is 24.5 Å². The van der Waals surface area contributed by atoms with Crippen LogP contribution in [-0.4, -0.2) is 29.8 Å². The molecule has 0 saturated heterocycles. The monoisotopic (exact) mass is 313 g/mol. The van der Waals surface area contributed by atoms with Crippen molar-refractivity contribution in [2.24, 2.45) is 5.92 Å². The molecule has 1 aromatic heterocycles. The standard InChI is InChI=1S/C17H19N3O3/c1-11(2)8-13(17(22)20(3)10-18)19-16(21)15-9-12-6-4-5-7-14(12)23-15/h4-7,9,11,13H,8H2,1-3H3,(H,19,21). The number of furan rings is 1.